The van der Waals surface area contributed by atoms with Gasteiger partial charge in [0.15, 0.2) is 6.10 Å². The molecule has 0 aromatic rings. The van der Waals surface area contributed by atoms with Gasteiger partial charge in [-0.3, -0.25) is 9.59 Å². The molecule has 0 bridgehead atoms. The Hall–Kier alpha value is -2.66. The Morgan fingerprint density at radius 3 is 1.58 bits per heavy atom. The number of hydrogen-bond acceptors (Lipinski definition) is 5. The molecule has 0 aliphatic carbocycles. The van der Waals surface area contributed by atoms with E-state index in [2.05, 4.69) is 93.7 Å². The first-order chi connectivity index (χ1) is 24.6. The van der Waals surface area contributed by atoms with Crippen LogP contribution >= 0.6 is 0 Å². The van der Waals surface area contributed by atoms with E-state index in [1.165, 1.54) is 57.8 Å². The van der Waals surface area contributed by atoms with Crippen molar-refractivity contribution < 1.29 is 23.8 Å². The van der Waals surface area contributed by atoms with Crippen LogP contribution in [0.2, 0.25) is 0 Å². The molecular formula is C45H76O5. The van der Waals surface area contributed by atoms with Crippen molar-refractivity contribution in [3.8, 4) is 0 Å². The molecule has 1 unspecified atom stereocenters. The van der Waals surface area contributed by atoms with Crippen molar-refractivity contribution in [1.82, 2.24) is 0 Å². The molecule has 0 aromatic heterocycles. The lowest BCUT2D eigenvalue weighted by molar-refractivity contribution is -0.163. The lowest BCUT2D eigenvalue weighted by Gasteiger charge is -2.18. The maximum atomic E-state index is 12.6. The molecule has 5 nitrogen and oxygen atoms in total. The molecule has 5 heteroatoms. The molecule has 0 spiro atoms. The Balaban J connectivity index is 4.27. The summed E-state index contributed by atoms with van der Waals surface area (Å²) in [7, 11) is 0. The van der Waals surface area contributed by atoms with Crippen LogP contribution < -0.4 is 0 Å². The van der Waals surface area contributed by atoms with E-state index >= 15 is 0 Å². The zero-order valence-electron chi connectivity index (χ0n) is 32.6. The molecule has 0 aliphatic rings. The van der Waals surface area contributed by atoms with Crippen LogP contribution in [0.3, 0.4) is 0 Å². The van der Waals surface area contributed by atoms with E-state index < -0.39 is 6.10 Å². The van der Waals surface area contributed by atoms with Crippen LogP contribution in [0.15, 0.2) is 72.9 Å². The molecule has 0 fully saturated rings. The van der Waals surface area contributed by atoms with Gasteiger partial charge >= 0.3 is 11.9 Å². The molecular weight excluding hydrogens is 620 g/mol. The second kappa shape index (κ2) is 40.8. The highest BCUT2D eigenvalue weighted by Crippen LogP contribution is 2.11. The molecule has 0 aliphatic heterocycles. The molecule has 1 atom stereocenters. The molecule has 286 valence electrons. The number of allylic oxidation sites excluding steroid dienone is 12. The van der Waals surface area contributed by atoms with E-state index in [0.29, 0.717) is 19.4 Å². The number of ether oxygens (including phenoxy) is 3. The fraction of sp³-hybridized carbons (Fsp3) is 0.689. The number of carbonyl (C=O) groups excluding carboxylic acids is 2. The van der Waals surface area contributed by atoms with Crippen molar-refractivity contribution in [3.05, 3.63) is 72.9 Å². The molecule has 0 N–H and O–H groups in total. The van der Waals surface area contributed by atoms with Crippen LogP contribution in [0.5, 0.6) is 0 Å². The summed E-state index contributed by atoms with van der Waals surface area (Å²) >= 11 is 0. The first-order valence-corrected chi connectivity index (χ1v) is 20.5. The largest absolute Gasteiger partial charge is 0.462 e. The van der Waals surface area contributed by atoms with Gasteiger partial charge in [0, 0.05) is 19.4 Å². The van der Waals surface area contributed by atoms with Crippen LogP contribution in [0.25, 0.3) is 0 Å². The van der Waals surface area contributed by atoms with Crippen molar-refractivity contribution in [2.24, 2.45) is 0 Å². The van der Waals surface area contributed by atoms with Gasteiger partial charge in [-0.2, -0.15) is 0 Å². The third kappa shape index (κ3) is 38.1. The Morgan fingerprint density at radius 1 is 0.460 bits per heavy atom. The summed E-state index contributed by atoms with van der Waals surface area (Å²) in [5.41, 5.74) is 0. The zero-order chi connectivity index (χ0) is 36.4. The predicted octanol–water partition coefficient (Wildman–Crippen LogP) is 13.2. The van der Waals surface area contributed by atoms with Gasteiger partial charge in [-0.15, -0.1) is 0 Å². The van der Waals surface area contributed by atoms with Gasteiger partial charge in [-0.1, -0.05) is 158 Å². The lowest BCUT2D eigenvalue weighted by atomic mass is 10.1. The fourth-order valence-corrected chi connectivity index (χ4v) is 5.17. The highest BCUT2D eigenvalue weighted by atomic mass is 16.6. The molecule has 50 heavy (non-hydrogen) atoms. The highest BCUT2D eigenvalue weighted by molar-refractivity contribution is 5.70. The van der Waals surface area contributed by atoms with E-state index in [9.17, 15) is 9.59 Å². The SMILES string of the molecule is CC/C=C\C/C=C\C/C=C\C/C=C\C/C=C\CCCC(=O)OCC(COCCCCCCCC)OC(=O)CCCCCCC/C=C\CCCC. The molecule has 0 aromatic carbocycles. The van der Waals surface area contributed by atoms with Crippen LogP contribution in [0.4, 0.5) is 0 Å². The molecule has 0 saturated heterocycles. The van der Waals surface area contributed by atoms with E-state index in [-0.39, 0.29) is 25.2 Å². The van der Waals surface area contributed by atoms with E-state index in [1.807, 2.05) is 0 Å². The van der Waals surface area contributed by atoms with Crippen molar-refractivity contribution in [1.29, 1.82) is 0 Å². The van der Waals surface area contributed by atoms with Gasteiger partial charge in [0.1, 0.15) is 6.61 Å². The van der Waals surface area contributed by atoms with Crippen LogP contribution in [0.1, 0.15) is 175 Å². The Morgan fingerprint density at radius 2 is 0.940 bits per heavy atom. The van der Waals surface area contributed by atoms with Crippen molar-refractivity contribution in [2.45, 2.75) is 181 Å². The summed E-state index contributed by atoms with van der Waals surface area (Å²) in [4.78, 5) is 25.0. The Kier molecular flexibility index (Phi) is 38.6. The maximum Gasteiger partial charge on any atom is 0.306 e. The van der Waals surface area contributed by atoms with Crippen molar-refractivity contribution >= 4 is 11.9 Å². The predicted molar refractivity (Wildman–Crippen MR) is 214 cm³/mol. The van der Waals surface area contributed by atoms with E-state index in [0.717, 1.165) is 83.5 Å². The number of esters is 2. The summed E-state index contributed by atoms with van der Waals surface area (Å²) in [6.45, 7) is 7.54. The standard InChI is InChI=1S/C45H76O5/c1-4-7-10-13-16-18-20-21-22-23-24-25-27-28-30-32-35-38-44(46)49-42-43(41-48-40-37-34-15-12-9-6-3)50-45(47)39-36-33-31-29-26-19-17-14-11-8-5-2/h7,10,14,16-18,21-22,24-25,28,30,43H,4-6,8-9,11-13,15,19-20,23,26-27,29,31-42H2,1-3H3/b10-7-,17-14-,18-16-,22-21-,25-24-,30-28-. The molecule has 0 radical (unpaired) electrons. The normalized spacial score (nSPS) is 12.9. The van der Waals surface area contributed by atoms with E-state index in [4.69, 9.17) is 14.2 Å². The molecule has 0 saturated carbocycles. The molecule has 0 amide bonds. The average molecular weight is 697 g/mol. The minimum atomic E-state index is -0.558. The number of hydrogen-bond donors (Lipinski definition) is 0. The monoisotopic (exact) mass is 697 g/mol. The third-order valence-corrected chi connectivity index (χ3v) is 8.23. The van der Waals surface area contributed by atoms with Gasteiger partial charge in [0.05, 0.1) is 6.61 Å². The van der Waals surface area contributed by atoms with Crippen LogP contribution in [-0.2, 0) is 23.8 Å². The Bertz CT molecular complexity index is 926. The first kappa shape index (κ1) is 47.3. The third-order valence-electron chi connectivity index (χ3n) is 8.23. The van der Waals surface area contributed by atoms with Gasteiger partial charge in [-0.05, 0) is 77.0 Å². The summed E-state index contributed by atoms with van der Waals surface area (Å²) in [5.74, 6) is -0.485. The summed E-state index contributed by atoms with van der Waals surface area (Å²) in [6, 6.07) is 0. The van der Waals surface area contributed by atoms with Crippen LogP contribution in [-0.4, -0.2) is 37.9 Å². The number of carbonyl (C=O) groups is 2. The lowest BCUT2D eigenvalue weighted by Crippen LogP contribution is -2.30. The quantitative estimate of drug-likeness (QED) is 0.0371. The second-order valence-electron chi connectivity index (χ2n) is 13.2. The zero-order valence-corrected chi connectivity index (χ0v) is 32.6. The first-order valence-electron chi connectivity index (χ1n) is 20.5. The minimum Gasteiger partial charge on any atom is -0.462 e. The summed E-state index contributed by atoms with van der Waals surface area (Å²) < 4.78 is 17.1. The van der Waals surface area contributed by atoms with Gasteiger partial charge < -0.3 is 14.2 Å². The summed E-state index contributed by atoms with van der Waals surface area (Å²) in [6.07, 6.45) is 50.5. The van der Waals surface area contributed by atoms with Gasteiger partial charge in [-0.25, -0.2) is 0 Å². The van der Waals surface area contributed by atoms with Crippen molar-refractivity contribution in [2.75, 3.05) is 19.8 Å². The van der Waals surface area contributed by atoms with Gasteiger partial charge in [0.2, 0.25) is 0 Å². The smallest absolute Gasteiger partial charge is 0.306 e. The van der Waals surface area contributed by atoms with Gasteiger partial charge in [0.25, 0.3) is 0 Å². The fourth-order valence-electron chi connectivity index (χ4n) is 5.17. The topological polar surface area (TPSA) is 61.8 Å². The second-order valence-corrected chi connectivity index (χ2v) is 13.2. The van der Waals surface area contributed by atoms with Crippen LogP contribution in [0, 0.1) is 0 Å². The molecule has 0 rings (SSSR count). The maximum absolute atomic E-state index is 12.6. The molecule has 0 heterocycles. The van der Waals surface area contributed by atoms with E-state index in [1.54, 1.807) is 0 Å². The minimum absolute atomic E-state index is 0.0501. The number of unbranched alkanes of at least 4 members (excludes halogenated alkanes) is 13. The average Bonchev–Trinajstić information content (AvgIpc) is 3.11. The van der Waals surface area contributed by atoms with Crippen molar-refractivity contribution in [3.63, 3.8) is 0 Å². The number of rotatable bonds is 36. The summed E-state index contributed by atoms with van der Waals surface area (Å²) in [5, 5.41) is 0. The Labute approximate surface area is 308 Å². The highest BCUT2D eigenvalue weighted by Gasteiger charge is 2.17.